The lowest BCUT2D eigenvalue weighted by Crippen LogP contribution is -2.54. The van der Waals surface area contributed by atoms with E-state index in [0.717, 1.165) is 25.4 Å². The number of benzene rings is 2. The van der Waals surface area contributed by atoms with Crippen LogP contribution in [-0.2, 0) is 9.59 Å². The normalized spacial score (nSPS) is 15.1. The van der Waals surface area contributed by atoms with Crippen LogP contribution in [0.15, 0.2) is 54.6 Å². The van der Waals surface area contributed by atoms with Gasteiger partial charge in [0.2, 0.25) is 11.8 Å². The van der Waals surface area contributed by atoms with Crippen molar-refractivity contribution in [1.29, 1.82) is 0 Å². The van der Waals surface area contributed by atoms with Crippen LogP contribution in [0.5, 0.6) is 11.5 Å². The Hall–Kier alpha value is -2.86. The first kappa shape index (κ1) is 20.9. The summed E-state index contributed by atoms with van der Waals surface area (Å²) in [5.41, 5.74) is -0.500. The number of nitrogens with one attached hydrogen (secondary N) is 1. The van der Waals surface area contributed by atoms with E-state index in [9.17, 15) is 9.59 Å². The van der Waals surface area contributed by atoms with Crippen LogP contribution in [0, 0.1) is 5.41 Å². The van der Waals surface area contributed by atoms with Crippen LogP contribution >= 0.6 is 0 Å². The Labute approximate surface area is 172 Å². The Morgan fingerprint density at radius 3 is 2.10 bits per heavy atom. The monoisotopic (exact) mass is 395 g/mol. The molecule has 0 spiro atoms. The fourth-order valence-electron chi connectivity index (χ4n) is 3.28. The van der Waals surface area contributed by atoms with Crippen molar-refractivity contribution in [2.24, 2.45) is 5.41 Å². The molecule has 1 fully saturated rings. The first-order chi connectivity index (χ1) is 13.9. The van der Waals surface area contributed by atoms with Crippen molar-refractivity contribution < 1.29 is 14.3 Å². The second-order valence-electron chi connectivity index (χ2n) is 7.75. The number of hydrogen-bond donors (Lipinski definition) is 1. The molecule has 1 aliphatic heterocycles. The number of carbonyl (C=O) groups is 2. The molecule has 1 saturated heterocycles. The maximum Gasteiger partial charge on any atom is 0.239 e. The van der Waals surface area contributed by atoms with E-state index < -0.39 is 5.41 Å². The highest BCUT2D eigenvalue weighted by molar-refractivity contribution is 6.09. The third kappa shape index (κ3) is 5.15. The smallest absolute Gasteiger partial charge is 0.239 e. The van der Waals surface area contributed by atoms with Gasteiger partial charge in [-0.2, -0.15) is 0 Å². The molecule has 0 bridgehead atoms. The molecule has 2 amide bonds. The Morgan fingerprint density at radius 1 is 0.931 bits per heavy atom. The van der Waals surface area contributed by atoms with Gasteiger partial charge >= 0.3 is 0 Å². The highest BCUT2D eigenvalue weighted by Gasteiger charge is 2.40. The van der Waals surface area contributed by atoms with E-state index in [0.29, 0.717) is 24.5 Å². The highest BCUT2D eigenvalue weighted by atomic mass is 16.5. The SMILES string of the molecule is CCN1CCN(C(=O)C(C)(C)C(=O)Nc2ccc(Oc3ccccc3)cc2)CC1. The van der Waals surface area contributed by atoms with Crippen molar-refractivity contribution in [2.45, 2.75) is 20.8 Å². The van der Waals surface area contributed by atoms with Crippen molar-refractivity contribution in [3.8, 4) is 11.5 Å². The molecule has 2 aromatic carbocycles. The summed E-state index contributed by atoms with van der Waals surface area (Å²) in [6.45, 7) is 9.49. The summed E-state index contributed by atoms with van der Waals surface area (Å²) in [7, 11) is 0. The molecule has 0 atom stereocenters. The average molecular weight is 396 g/mol. The molecule has 1 aliphatic rings. The van der Waals surface area contributed by atoms with Crippen LogP contribution in [0.4, 0.5) is 5.69 Å². The van der Waals surface area contributed by atoms with Crippen LogP contribution in [0.1, 0.15) is 20.8 Å². The number of piperazine rings is 1. The van der Waals surface area contributed by atoms with Crippen LogP contribution < -0.4 is 10.1 Å². The maximum absolute atomic E-state index is 12.9. The van der Waals surface area contributed by atoms with Crippen molar-refractivity contribution in [2.75, 3.05) is 38.0 Å². The number of rotatable bonds is 6. The Morgan fingerprint density at radius 2 is 1.52 bits per heavy atom. The summed E-state index contributed by atoms with van der Waals surface area (Å²) in [5, 5.41) is 2.86. The molecule has 1 heterocycles. The Balaban J connectivity index is 1.59. The summed E-state index contributed by atoms with van der Waals surface area (Å²) >= 11 is 0. The maximum atomic E-state index is 12.9. The lowest BCUT2D eigenvalue weighted by molar-refractivity contribution is -0.147. The van der Waals surface area contributed by atoms with E-state index in [-0.39, 0.29) is 11.8 Å². The summed E-state index contributed by atoms with van der Waals surface area (Å²) in [5.74, 6) is 0.990. The first-order valence-corrected chi connectivity index (χ1v) is 10.1. The van der Waals surface area contributed by atoms with Crippen LogP contribution in [0.25, 0.3) is 0 Å². The molecule has 0 aliphatic carbocycles. The molecular formula is C23H29N3O3. The van der Waals surface area contributed by atoms with Gasteiger partial charge < -0.3 is 19.9 Å². The van der Waals surface area contributed by atoms with Gasteiger partial charge in [0.1, 0.15) is 16.9 Å². The molecule has 0 aromatic heterocycles. The third-order valence-electron chi connectivity index (χ3n) is 5.30. The van der Waals surface area contributed by atoms with Gasteiger partial charge in [-0.25, -0.2) is 0 Å². The number of likely N-dealkylation sites (N-methyl/N-ethyl adjacent to an activating group) is 1. The van der Waals surface area contributed by atoms with E-state index in [1.807, 2.05) is 30.3 Å². The van der Waals surface area contributed by atoms with E-state index in [1.165, 1.54) is 0 Å². The molecule has 0 radical (unpaired) electrons. The molecule has 0 unspecified atom stereocenters. The number of para-hydroxylation sites is 1. The predicted octanol–water partition coefficient (Wildman–Crippen LogP) is 3.61. The van der Waals surface area contributed by atoms with Gasteiger partial charge in [0.25, 0.3) is 0 Å². The van der Waals surface area contributed by atoms with Crippen LogP contribution in [-0.4, -0.2) is 54.3 Å². The lowest BCUT2D eigenvalue weighted by Gasteiger charge is -2.37. The fraction of sp³-hybridized carbons (Fsp3) is 0.391. The second kappa shape index (κ2) is 9.09. The molecule has 6 nitrogen and oxygen atoms in total. The summed E-state index contributed by atoms with van der Waals surface area (Å²) in [6.07, 6.45) is 0. The molecule has 2 aromatic rings. The third-order valence-corrected chi connectivity index (χ3v) is 5.30. The number of amides is 2. The molecule has 1 N–H and O–H groups in total. The minimum absolute atomic E-state index is 0.130. The van der Waals surface area contributed by atoms with E-state index in [2.05, 4.69) is 17.1 Å². The molecule has 29 heavy (non-hydrogen) atoms. The zero-order chi connectivity index (χ0) is 20.9. The highest BCUT2D eigenvalue weighted by Crippen LogP contribution is 2.25. The summed E-state index contributed by atoms with van der Waals surface area (Å²) < 4.78 is 5.76. The quantitative estimate of drug-likeness (QED) is 0.759. The minimum Gasteiger partial charge on any atom is -0.457 e. The number of carbonyl (C=O) groups excluding carboxylic acids is 2. The standard InChI is InChI=1S/C23H29N3O3/c1-4-25-14-16-26(17-15-25)22(28)23(2,3)21(27)24-18-10-12-20(13-11-18)29-19-8-6-5-7-9-19/h5-13H,4,14-17H2,1-3H3,(H,24,27). The molecule has 3 rings (SSSR count). The number of anilines is 1. The van der Waals surface area contributed by atoms with Crippen LogP contribution in [0.3, 0.4) is 0 Å². The summed E-state index contributed by atoms with van der Waals surface area (Å²) in [4.78, 5) is 29.8. The fourth-order valence-corrected chi connectivity index (χ4v) is 3.28. The van der Waals surface area contributed by atoms with Gasteiger partial charge in [0.05, 0.1) is 0 Å². The van der Waals surface area contributed by atoms with Crippen molar-refractivity contribution in [3.05, 3.63) is 54.6 Å². The van der Waals surface area contributed by atoms with Gasteiger partial charge in [0.15, 0.2) is 0 Å². The largest absolute Gasteiger partial charge is 0.457 e. The van der Waals surface area contributed by atoms with E-state index >= 15 is 0 Å². The second-order valence-corrected chi connectivity index (χ2v) is 7.75. The molecule has 6 heteroatoms. The van der Waals surface area contributed by atoms with Gasteiger partial charge in [-0.1, -0.05) is 25.1 Å². The van der Waals surface area contributed by atoms with Gasteiger partial charge in [0, 0.05) is 31.9 Å². The lowest BCUT2D eigenvalue weighted by atomic mass is 9.89. The van der Waals surface area contributed by atoms with Crippen molar-refractivity contribution in [1.82, 2.24) is 9.80 Å². The van der Waals surface area contributed by atoms with Gasteiger partial charge in [-0.05, 0) is 56.8 Å². The van der Waals surface area contributed by atoms with Crippen molar-refractivity contribution >= 4 is 17.5 Å². The van der Waals surface area contributed by atoms with Crippen LogP contribution in [0.2, 0.25) is 0 Å². The first-order valence-electron chi connectivity index (χ1n) is 10.1. The molecule has 154 valence electrons. The van der Waals surface area contributed by atoms with Gasteiger partial charge in [-0.3, -0.25) is 9.59 Å². The number of hydrogen-bond acceptors (Lipinski definition) is 4. The Bertz CT molecular complexity index is 826. The topological polar surface area (TPSA) is 61.9 Å². The predicted molar refractivity (Wildman–Crippen MR) is 114 cm³/mol. The van der Waals surface area contributed by atoms with E-state index in [4.69, 9.17) is 4.74 Å². The average Bonchev–Trinajstić information content (AvgIpc) is 2.75. The zero-order valence-electron chi connectivity index (χ0n) is 17.4. The number of nitrogens with zero attached hydrogens (tertiary/aromatic N) is 2. The van der Waals surface area contributed by atoms with Crippen molar-refractivity contribution in [3.63, 3.8) is 0 Å². The number of ether oxygens (including phenoxy) is 1. The molecule has 0 saturated carbocycles. The summed E-state index contributed by atoms with van der Waals surface area (Å²) in [6, 6.07) is 16.6. The van der Waals surface area contributed by atoms with E-state index in [1.54, 1.807) is 43.0 Å². The van der Waals surface area contributed by atoms with Gasteiger partial charge in [-0.15, -0.1) is 0 Å². The minimum atomic E-state index is -1.13. The Kier molecular flexibility index (Phi) is 6.54. The molecular weight excluding hydrogens is 366 g/mol. The zero-order valence-corrected chi connectivity index (χ0v) is 17.4.